The van der Waals surface area contributed by atoms with Gasteiger partial charge in [0.2, 0.25) is 5.91 Å². The van der Waals surface area contributed by atoms with E-state index in [2.05, 4.69) is 5.32 Å². The topological polar surface area (TPSA) is 83.1 Å². The fraction of sp³-hybridized carbons (Fsp3) is 0.261. The molecule has 7 nitrogen and oxygen atoms in total. The maximum absolute atomic E-state index is 13.6. The SMILES string of the molecule is COc1cccc(C=CNC(=O)C(c2csc3ccc(Cl)cc23)P2(=O)OCCCO2)c1OC. The van der Waals surface area contributed by atoms with Crippen LogP contribution in [0.5, 0.6) is 11.5 Å². The monoisotopic (exact) mass is 507 g/mol. The highest BCUT2D eigenvalue weighted by Gasteiger charge is 2.45. The summed E-state index contributed by atoms with van der Waals surface area (Å²) in [5.41, 5.74) is 0.132. The van der Waals surface area contributed by atoms with Crippen LogP contribution in [-0.4, -0.2) is 33.3 Å². The Kier molecular flexibility index (Phi) is 7.41. The van der Waals surface area contributed by atoms with Crippen molar-refractivity contribution in [3.8, 4) is 11.5 Å². The Morgan fingerprint density at radius 2 is 2.00 bits per heavy atom. The summed E-state index contributed by atoms with van der Waals surface area (Å²) in [6.07, 6.45) is 3.77. The number of benzene rings is 2. The Morgan fingerprint density at radius 3 is 2.73 bits per heavy atom. The van der Waals surface area contributed by atoms with Crippen LogP contribution in [0.25, 0.3) is 16.2 Å². The lowest BCUT2D eigenvalue weighted by Crippen LogP contribution is -2.28. The maximum Gasteiger partial charge on any atom is 0.347 e. The standard InChI is InChI=1S/C23H23ClNO6PS/c1-28-19-6-3-5-15(21(19)29-2)9-10-25-23(26)22(32(27)30-11-4-12-31-32)18-14-33-20-8-7-16(24)13-17(18)20/h3,5-10,13-14,22H,4,11-12H2,1-2H3,(H,25,26). The molecule has 1 N–H and O–H groups in total. The minimum absolute atomic E-state index is 0.265. The van der Waals surface area contributed by atoms with Gasteiger partial charge in [0.05, 0.1) is 27.4 Å². The minimum Gasteiger partial charge on any atom is -0.493 e. The molecule has 0 radical (unpaired) electrons. The molecule has 1 atom stereocenters. The van der Waals surface area contributed by atoms with E-state index < -0.39 is 19.2 Å². The highest BCUT2D eigenvalue weighted by atomic mass is 35.5. The minimum atomic E-state index is -3.76. The molecule has 10 heteroatoms. The highest BCUT2D eigenvalue weighted by Crippen LogP contribution is 2.63. The zero-order valence-electron chi connectivity index (χ0n) is 18.1. The van der Waals surface area contributed by atoms with Crippen molar-refractivity contribution in [3.05, 3.63) is 64.1 Å². The summed E-state index contributed by atoms with van der Waals surface area (Å²) in [5.74, 6) is 0.601. The van der Waals surface area contributed by atoms with Crippen LogP contribution in [0, 0.1) is 0 Å². The quantitative estimate of drug-likeness (QED) is 0.393. The van der Waals surface area contributed by atoms with Crippen LogP contribution in [-0.2, 0) is 18.4 Å². The van der Waals surface area contributed by atoms with E-state index in [-0.39, 0.29) is 13.2 Å². The maximum atomic E-state index is 13.6. The lowest BCUT2D eigenvalue weighted by atomic mass is 10.1. The largest absolute Gasteiger partial charge is 0.493 e. The van der Waals surface area contributed by atoms with Gasteiger partial charge in [-0.1, -0.05) is 23.7 Å². The molecule has 1 aromatic heterocycles. The van der Waals surface area contributed by atoms with Gasteiger partial charge in [-0.25, -0.2) is 0 Å². The molecule has 1 fully saturated rings. The first-order valence-electron chi connectivity index (χ1n) is 10.2. The number of hydrogen-bond donors (Lipinski definition) is 1. The van der Waals surface area contributed by atoms with E-state index in [0.717, 1.165) is 10.1 Å². The van der Waals surface area contributed by atoms with Gasteiger partial charge in [-0.2, -0.15) is 0 Å². The van der Waals surface area contributed by atoms with Crippen molar-refractivity contribution in [2.45, 2.75) is 12.1 Å². The Balaban J connectivity index is 1.67. The Hall–Kier alpha value is -2.35. The van der Waals surface area contributed by atoms with Crippen LogP contribution in [0.3, 0.4) is 0 Å². The molecule has 0 bridgehead atoms. The van der Waals surface area contributed by atoms with Crippen LogP contribution in [0.1, 0.15) is 23.2 Å². The molecule has 1 aliphatic rings. The number of ether oxygens (including phenoxy) is 2. The number of carbonyl (C=O) groups is 1. The second kappa shape index (κ2) is 10.3. The molecule has 0 saturated carbocycles. The van der Waals surface area contributed by atoms with Crippen molar-refractivity contribution in [3.63, 3.8) is 0 Å². The summed E-state index contributed by atoms with van der Waals surface area (Å²) in [7, 11) is -0.661. The van der Waals surface area contributed by atoms with Crippen molar-refractivity contribution in [2.75, 3.05) is 27.4 Å². The third-order valence-corrected chi connectivity index (χ3v) is 8.62. The predicted octanol–water partition coefficient (Wildman–Crippen LogP) is 6.03. The molecule has 0 aliphatic carbocycles. The van der Waals surface area contributed by atoms with Gasteiger partial charge in [0.25, 0.3) is 0 Å². The second-order valence-corrected chi connectivity index (χ2v) is 10.7. The van der Waals surface area contributed by atoms with Gasteiger partial charge in [0, 0.05) is 21.5 Å². The molecule has 2 aromatic carbocycles. The van der Waals surface area contributed by atoms with Gasteiger partial charge in [-0.3, -0.25) is 9.36 Å². The van der Waals surface area contributed by atoms with E-state index in [1.165, 1.54) is 17.5 Å². The van der Waals surface area contributed by atoms with Gasteiger partial charge in [0.15, 0.2) is 17.2 Å². The number of thiophene rings is 1. The highest BCUT2D eigenvalue weighted by molar-refractivity contribution is 7.55. The molecule has 2 heterocycles. The molecule has 1 amide bonds. The van der Waals surface area contributed by atoms with Crippen molar-refractivity contribution in [1.82, 2.24) is 5.32 Å². The fourth-order valence-corrected chi connectivity index (χ4v) is 6.95. The number of rotatable bonds is 7. The molecule has 0 spiro atoms. The molecular weight excluding hydrogens is 485 g/mol. The van der Waals surface area contributed by atoms with Crippen molar-refractivity contribution >= 4 is 52.6 Å². The van der Waals surface area contributed by atoms with Crippen LogP contribution >= 0.6 is 30.5 Å². The van der Waals surface area contributed by atoms with E-state index >= 15 is 0 Å². The first-order chi connectivity index (χ1) is 16.0. The lowest BCUT2D eigenvalue weighted by molar-refractivity contribution is -0.120. The smallest absolute Gasteiger partial charge is 0.347 e. The molecule has 1 aliphatic heterocycles. The van der Waals surface area contributed by atoms with E-state index in [1.54, 1.807) is 43.9 Å². The molecule has 174 valence electrons. The van der Waals surface area contributed by atoms with Crippen molar-refractivity contribution < 1.29 is 27.9 Å². The number of fused-ring (bicyclic) bond motifs is 1. The number of hydrogen-bond acceptors (Lipinski definition) is 7. The summed E-state index contributed by atoms with van der Waals surface area (Å²) in [5, 5.41) is 5.81. The summed E-state index contributed by atoms with van der Waals surface area (Å²) in [4.78, 5) is 13.4. The first kappa shape index (κ1) is 23.8. The third-order valence-electron chi connectivity index (χ3n) is 5.18. The van der Waals surface area contributed by atoms with E-state index in [9.17, 15) is 9.36 Å². The average molecular weight is 508 g/mol. The molecule has 1 unspecified atom stereocenters. The average Bonchev–Trinajstić information content (AvgIpc) is 3.21. The Labute approximate surface area is 200 Å². The second-order valence-electron chi connectivity index (χ2n) is 7.22. The number of nitrogens with one attached hydrogen (secondary N) is 1. The molecule has 3 aromatic rings. The van der Waals surface area contributed by atoms with Crippen molar-refractivity contribution in [1.29, 1.82) is 0 Å². The molecule has 33 heavy (non-hydrogen) atoms. The van der Waals surface area contributed by atoms with E-state index in [0.29, 0.717) is 34.1 Å². The summed E-state index contributed by atoms with van der Waals surface area (Å²) in [6.45, 7) is 0.529. The predicted molar refractivity (Wildman–Crippen MR) is 130 cm³/mol. The zero-order valence-corrected chi connectivity index (χ0v) is 20.5. The molecular formula is C23H23ClNO6PS. The Morgan fingerprint density at radius 1 is 1.21 bits per heavy atom. The summed E-state index contributed by atoms with van der Waals surface area (Å²) in [6, 6.07) is 10.8. The number of halogens is 1. The number of methoxy groups -OCH3 is 2. The van der Waals surface area contributed by atoms with Crippen molar-refractivity contribution in [2.24, 2.45) is 0 Å². The molecule has 4 rings (SSSR count). The van der Waals surface area contributed by atoms with Crippen LogP contribution in [0.4, 0.5) is 0 Å². The van der Waals surface area contributed by atoms with Crippen LogP contribution < -0.4 is 14.8 Å². The first-order valence-corrected chi connectivity index (χ1v) is 13.1. The zero-order chi connectivity index (χ0) is 23.4. The summed E-state index contributed by atoms with van der Waals surface area (Å²) < 4.78 is 36.4. The number of para-hydroxylation sites is 1. The fourth-order valence-electron chi connectivity index (χ4n) is 3.65. The normalized spacial score (nSPS) is 16.6. The van der Waals surface area contributed by atoms with E-state index in [4.69, 9.17) is 30.1 Å². The van der Waals surface area contributed by atoms with Gasteiger partial charge in [-0.05, 0) is 53.1 Å². The van der Waals surface area contributed by atoms with Crippen LogP contribution in [0.2, 0.25) is 5.02 Å². The van der Waals surface area contributed by atoms with E-state index in [1.807, 2.05) is 18.2 Å². The van der Waals surface area contributed by atoms with Gasteiger partial charge in [-0.15, -0.1) is 11.3 Å². The van der Waals surface area contributed by atoms with Gasteiger partial charge in [0.1, 0.15) is 0 Å². The number of carbonyl (C=O) groups excluding carboxylic acids is 1. The lowest BCUT2D eigenvalue weighted by Gasteiger charge is -2.29. The van der Waals surface area contributed by atoms with Crippen LogP contribution in [0.15, 0.2) is 48.0 Å². The van der Waals surface area contributed by atoms with Gasteiger partial charge < -0.3 is 23.8 Å². The number of amides is 1. The Bertz CT molecular complexity index is 1230. The third kappa shape index (κ3) is 4.95. The summed E-state index contributed by atoms with van der Waals surface area (Å²) >= 11 is 7.64. The molecule has 1 saturated heterocycles. The van der Waals surface area contributed by atoms with Gasteiger partial charge >= 0.3 is 7.60 Å².